The molecule has 0 aromatic carbocycles. The third-order valence-electron chi connectivity index (χ3n) is 2.84. The molecule has 2 amide bonds. The van der Waals surface area contributed by atoms with Gasteiger partial charge in [0.05, 0.1) is 6.54 Å². The molecule has 0 radical (unpaired) electrons. The van der Waals surface area contributed by atoms with Gasteiger partial charge in [0.2, 0.25) is 0 Å². The summed E-state index contributed by atoms with van der Waals surface area (Å²) in [6.45, 7) is 9.18. The summed E-state index contributed by atoms with van der Waals surface area (Å²) in [7, 11) is 0. The number of carbonyl (C=O) groups is 1. The zero-order valence-electron chi connectivity index (χ0n) is 10.2. The van der Waals surface area contributed by atoms with Crippen molar-refractivity contribution in [1.29, 1.82) is 0 Å². The van der Waals surface area contributed by atoms with Crippen LogP contribution in [0.2, 0.25) is 0 Å². The molecule has 0 aliphatic carbocycles. The molecule has 88 valence electrons. The standard InChI is InChI=1S/C12H18N2OS/c1-7(2)10-5-9-6-14(8(3)4)12(15)13-11(9)16-10/h5,7-8H,6H2,1-4H3,(H,13,15). The van der Waals surface area contributed by atoms with Gasteiger partial charge >= 0.3 is 6.03 Å². The smallest absolute Gasteiger partial charge is 0.318 e. The van der Waals surface area contributed by atoms with Gasteiger partial charge in [0, 0.05) is 16.5 Å². The van der Waals surface area contributed by atoms with Gasteiger partial charge in [-0.25, -0.2) is 4.79 Å². The number of rotatable bonds is 2. The Morgan fingerprint density at radius 1 is 1.38 bits per heavy atom. The molecular formula is C12H18N2OS. The predicted octanol–water partition coefficient (Wildman–Crippen LogP) is 3.63. The molecule has 1 aromatic rings. The molecule has 0 saturated carbocycles. The second-order valence-electron chi connectivity index (χ2n) is 4.81. The highest BCUT2D eigenvalue weighted by Crippen LogP contribution is 2.36. The molecule has 3 nitrogen and oxygen atoms in total. The van der Waals surface area contributed by atoms with Crippen LogP contribution in [-0.4, -0.2) is 17.0 Å². The number of fused-ring (bicyclic) bond motifs is 1. The van der Waals surface area contributed by atoms with Gasteiger partial charge in [-0.05, 0) is 25.8 Å². The molecule has 2 rings (SSSR count). The van der Waals surface area contributed by atoms with E-state index in [2.05, 4.69) is 25.2 Å². The number of hydrogen-bond donors (Lipinski definition) is 1. The molecule has 0 fully saturated rings. The van der Waals surface area contributed by atoms with Crippen LogP contribution in [0.5, 0.6) is 0 Å². The number of thiophene rings is 1. The maximum absolute atomic E-state index is 11.8. The van der Waals surface area contributed by atoms with Gasteiger partial charge in [-0.2, -0.15) is 0 Å². The number of nitrogens with zero attached hydrogens (tertiary/aromatic N) is 1. The van der Waals surface area contributed by atoms with Crippen molar-refractivity contribution in [2.45, 2.75) is 46.2 Å². The Bertz CT molecular complexity index is 409. The van der Waals surface area contributed by atoms with Crippen LogP contribution >= 0.6 is 11.3 Å². The van der Waals surface area contributed by atoms with Crippen LogP contribution in [0.3, 0.4) is 0 Å². The van der Waals surface area contributed by atoms with Crippen LogP contribution in [0.1, 0.15) is 44.1 Å². The fourth-order valence-corrected chi connectivity index (χ4v) is 2.86. The van der Waals surface area contributed by atoms with Crippen LogP contribution in [0, 0.1) is 0 Å². The highest BCUT2D eigenvalue weighted by atomic mass is 32.1. The molecule has 4 heteroatoms. The molecule has 1 aliphatic heterocycles. The van der Waals surface area contributed by atoms with E-state index >= 15 is 0 Å². The summed E-state index contributed by atoms with van der Waals surface area (Å²) >= 11 is 1.70. The highest BCUT2D eigenvalue weighted by Gasteiger charge is 2.26. The number of amides is 2. The summed E-state index contributed by atoms with van der Waals surface area (Å²) in [5.41, 5.74) is 1.25. The summed E-state index contributed by atoms with van der Waals surface area (Å²) in [4.78, 5) is 15.0. The molecule has 1 aliphatic rings. The van der Waals surface area contributed by atoms with Gasteiger partial charge < -0.3 is 4.90 Å². The summed E-state index contributed by atoms with van der Waals surface area (Å²) < 4.78 is 0. The minimum atomic E-state index is 0.0275. The molecular weight excluding hydrogens is 220 g/mol. The van der Waals surface area contributed by atoms with E-state index in [-0.39, 0.29) is 12.1 Å². The molecule has 0 unspecified atom stereocenters. The number of anilines is 1. The second-order valence-corrected chi connectivity index (χ2v) is 5.89. The topological polar surface area (TPSA) is 32.3 Å². The van der Waals surface area contributed by atoms with Gasteiger partial charge in [-0.15, -0.1) is 11.3 Å². The van der Waals surface area contributed by atoms with Gasteiger partial charge in [-0.3, -0.25) is 5.32 Å². The SMILES string of the molecule is CC(C)c1cc2c(s1)NC(=O)N(C(C)C)C2. The van der Waals surface area contributed by atoms with Gasteiger partial charge in [0.25, 0.3) is 0 Å². The van der Waals surface area contributed by atoms with Crippen LogP contribution in [-0.2, 0) is 6.54 Å². The molecule has 1 N–H and O–H groups in total. The van der Waals surface area contributed by atoms with Crippen molar-refractivity contribution >= 4 is 22.4 Å². The maximum atomic E-state index is 11.8. The average molecular weight is 238 g/mol. The van der Waals surface area contributed by atoms with E-state index in [0.717, 1.165) is 11.5 Å². The Labute approximate surface area is 100 Å². The first-order valence-electron chi connectivity index (χ1n) is 5.69. The Morgan fingerprint density at radius 2 is 2.06 bits per heavy atom. The minimum Gasteiger partial charge on any atom is -0.318 e. The van der Waals surface area contributed by atoms with Gasteiger partial charge in [-0.1, -0.05) is 13.8 Å². The molecule has 1 aromatic heterocycles. The lowest BCUT2D eigenvalue weighted by Gasteiger charge is -2.30. The highest BCUT2D eigenvalue weighted by molar-refractivity contribution is 7.16. The summed E-state index contributed by atoms with van der Waals surface area (Å²) in [5, 5.41) is 4.01. The zero-order valence-corrected chi connectivity index (χ0v) is 11.0. The first kappa shape index (κ1) is 11.5. The molecule has 0 bridgehead atoms. The van der Waals surface area contributed by atoms with Crippen molar-refractivity contribution < 1.29 is 4.79 Å². The summed E-state index contributed by atoms with van der Waals surface area (Å²) in [6.07, 6.45) is 0. The summed E-state index contributed by atoms with van der Waals surface area (Å²) in [5.74, 6) is 0.528. The fourth-order valence-electron chi connectivity index (χ4n) is 1.80. The first-order chi connectivity index (χ1) is 7.49. The molecule has 0 atom stereocenters. The van der Waals surface area contributed by atoms with Crippen LogP contribution in [0.25, 0.3) is 0 Å². The molecule has 0 saturated heterocycles. The largest absolute Gasteiger partial charge is 0.323 e. The van der Waals surface area contributed by atoms with Crippen LogP contribution in [0.4, 0.5) is 9.80 Å². The lowest BCUT2D eigenvalue weighted by atomic mass is 10.1. The molecule has 2 heterocycles. The van der Waals surface area contributed by atoms with Crippen molar-refractivity contribution in [1.82, 2.24) is 4.90 Å². The van der Waals surface area contributed by atoms with Crippen molar-refractivity contribution in [3.8, 4) is 0 Å². The monoisotopic (exact) mass is 238 g/mol. The predicted molar refractivity (Wildman–Crippen MR) is 68.1 cm³/mol. The van der Waals surface area contributed by atoms with Crippen LogP contribution < -0.4 is 5.32 Å². The molecule has 16 heavy (non-hydrogen) atoms. The average Bonchev–Trinajstić information content (AvgIpc) is 2.58. The van der Waals surface area contributed by atoms with Crippen molar-refractivity contribution in [2.75, 3.05) is 5.32 Å². The van der Waals surface area contributed by atoms with E-state index in [1.54, 1.807) is 11.3 Å². The summed E-state index contributed by atoms with van der Waals surface area (Å²) in [6, 6.07) is 2.50. The normalized spacial score (nSPS) is 15.6. The quantitative estimate of drug-likeness (QED) is 0.838. The van der Waals surface area contributed by atoms with Gasteiger partial charge in [0.1, 0.15) is 5.00 Å². The Balaban J connectivity index is 2.29. The van der Waals surface area contributed by atoms with Crippen LogP contribution in [0.15, 0.2) is 6.07 Å². The first-order valence-corrected chi connectivity index (χ1v) is 6.51. The maximum Gasteiger partial charge on any atom is 0.323 e. The second kappa shape index (κ2) is 4.09. The number of hydrogen-bond acceptors (Lipinski definition) is 2. The number of carbonyl (C=O) groups excluding carboxylic acids is 1. The third kappa shape index (κ3) is 1.94. The molecule has 0 spiro atoms. The van der Waals surface area contributed by atoms with Crippen molar-refractivity contribution in [3.63, 3.8) is 0 Å². The lowest BCUT2D eigenvalue weighted by molar-refractivity contribution is 0.191. The number of nitrogens with one attached hydrogen (secondary N) is 1. The Kier molecular flexibility index (Phi) is 2.93. The lowest BCUT2D eigenvalue weighted by Crippen LogP contribution is -2.42. The van der Waals surface area contributed by atoms with E-state index in [9.17, 15) is 4.79 Å². The zero-order chi connectivity index (χ0) is 11.9. The fraction of sp³-hybridized carbons (Fsp3) is 0.583. The third-order valence-corrected chi connectivity index (χ3v) is 4.24. The van der Waals surface area contributed by atoms with E-state index in [1.165, 1.54) is 10.4 Å². The Hall–Kier alpha value is -1.03. The van der Waals surface area contributed by atoms with E-state index < -0.39 is 0 Å². The van der Waals surface area contributed by atoms with E-state index in [4.69, 9.17) is 0 Å². The van der Waals surface area contributed by atoms with E-state index in [0.29, 0.717) is 5.92 Å². The van der Waals surface area contributed by atoms with E-state index in [1.807, 2.05) is 18.7 Å². The van der Waals surface area contributed by atoms with Crippen molar-refractivity contribution in [2.24, 2.45) is 0 Å². The number of urea groups is 1. The minimum absolute atomic E-state index is 0.0275. The Morgan fingerprint density at radius 3 is 2.62 bits per heavy atom. The van der Waals surface area contributed by atoms with Crippen molar-refractivity contribution in [3.05, 3.63) is 16.5 Å². The van der Waals surface area contributed by atoms with Gasteiger partial charge in [0.15, 0.2) is 0 Å².